The molecular weight excluding hydrogens is 250 g/mol. The summed E-state index contributed by atoms with van der Waals surface area (Å²) < 4.78 is 5.11. The number of carbonyl (C=O) groups excluding carboxylic acids is 1. The highest BCUT2D eigenvalue weighted by atomic mass is 32.1. The Kier molecular flexibility index (Phi) is 5.78. The second kappa shape index (κ2) is 6.87. The minimum atomic E-state index is -0.516. The van der Waals surface area contributed by atoms with Crippen LogP contribution in [0.4, 0.5) is 0 Å². The van der Waals surface area contributed by atoms with Crippen LogP contribution in [-0.4, -0.2) is 42.7 Å². The maximum absolute atomic E-state index is 11.7. The van der Waals surface area contributed by atoms with Crippen molar-refractivity contribution in [1.82, 2.24) is 4.90 Å². The third kappa shape index (κ3) is 4.76. The van der Waals surface area contributed by atoms with Gasteiger partial charge in [-0.25, -0.2) is 4.79 Å². The Hall–Kier alpha value is -0.910. The van der Waals surface area contributed by atoms with Crippen LogP contribution in [0.3, 0.4) is 0 Å². The standard InChI is InChI=1S/C13H21NO3S/c1-9(2)17-13(16)12-6-5-11(18-12)10(15)7-8-14(3)4/h5-6,9-10,15H,7-8H2,1-4H3. The van der Waals surface area contributed by atoms with E-state index in [4.69, 9.17) is 4.74 Å². The van der Waals surface area contributed by atoms with Crippen molar-refractivity contribution in [2.45, 2.75) is 32.5 Å². The summed E-state index contributed by atoms with van der Waals surface area (Å²) in [4.78, 5) is 15.0. The van der Waals surface area contributed by atoms with Gasteiger partial charge in [-0.2, -0.15) is 0 Å². The maximum Gasteiger partial charge on any atom is 0.348 e. The van der Waals surface area contributed by atoms with Gasteiger partial charge in [-0.15, -0.1) is 11.3 Å². The Morgan fingerprint density at radius 2 is 2.11 bits per heavy atom. The van der Waals surface area contributed by atoms with E-state index in [1.807, 2.05) is 32.8 Å². The molecule has 0 spiro atoms. The number of aliphatic hydroxyl groups excluding tert-OH is 1. The minimum Gasteiger partial charge on any atom is -0.459 e. The monoisotopic (exact) mass is 271 g/mol. The average molecular weight is 271 g/mol. The van der Waals surface area contributed by atoms with E-state index >= 15 is 0 Å². The van der Waals surface area contributed by atoms with Crippen LogP contribution in [-0.2, 0) is 4.74 Å². The molecule has 1 aromatic rings. The first-order valence-corrected chi connectivity index (χ1v) is 6.85. The van der Waals surface area contributed by atoms with Crippen molar-refractivity contribution in [3.8, 4) is 0 Å². The molecule has 18 heavy (non-hydrogen) atoms. The van der Waals surface area contributed by atoms with E-state index in [-0.39, 0.29) is 12.1 Å². The van der Waals surface area contributed by atoms with Crippen LogP contribution < -0.4 is 0 Å². The molecule has 0 aliphatic carbocycles. The van der Waals surface area contributed by atoms with E-state index in [0.717, 1.165) is 11.4 Å². The van der Waals surface area contributed by atoms with Gasteiger partial charge >= 0.3 is 5.97 Å². The topological polar surface area (TPSA) is 49.8 Å². The van der Waals surface area contributed by atoms with Crippen molar-refractivity contribution in [3.63, 3.8) is 0 Å². The molecule has 0 saturated carbocycles. The summed E-state index contributed by atoms with van der Waals surface area (Å²) in [5.41, 5.74) is 0. The summed E-state index contributed by atoms with van der Waals surface area (Å²) in [7, 11) is 3.93. The van der Waals surface area contributed by atoms with Crippen molar-refractivity contribution in [1.29, 1.82) is 0 Å². The predicted molar refractivity (Wildman–Crippen MR) is 73.0 cm³/mol. The van der Waals surface area contributed by atoms with Crippen LogP contribution in [0.5, 0.6) is 0 Å². The lowest BCUT2D eigenvalue weighted by Crippen LogP contribution is -2.15. The number of hydrogen-bond donors (Lipinski definition) is 1. The Morgan fingerprint density at radius 3 is 2.67 bits per heavy atom. The third-order valence-electron chi connectivity index (χ3n) is 2.35. The van der Waals surface area contributed by atoms with Gasteiger partial charge in [0.2, 0.25) is 0 Å². The molecule has 1 unspecified atom stereocenters. The van der Waals surface area contributed by atoms with Gasteiger partial charge in [-0.05, 0) is 46.5 Å². The third-order valence-corrected chi connectivity index (χ3v) is 3.52. The molecule has 1 atom stereocenters. The van der Waals surface area contributed by atoms with E-state index in [9.17, 15) is 9.90 Å². The van der Waals surface area contributed by atoms with Crippen LogP contribution in [0, 0.1) is 0 Å². The van der Waals surface area contributed by atoms with Gasteiger partial charge in [0.25, 0.3) is 0 Å². The van der Waals surface area contributed by atoms with Crippen LogP contribution in [0.2, 0.25) is 0 Å². The molecule has 4 nitrogen and oxygen atoms in total. The highest BCUT2D eigenvalue weighted by Gasteiger charge is 2.16. The predicted octanol–water partition coefficient (Wildman–Crippen LogP) is 2.30. The molecular formula is C13H21NO3S. The normalized spacial score (nSPS) is 13.1. The molecule has 0 radical (unpaired) electrons. The van der Waals surface area contributed by atoms with Crippen molar-refractivity contribution < 1.29 is 14.6 Å². The number of aliphatic hydroxyl groups is 1. The van der Waals surface area contributed by atoms with Crippen molar-refractivity contribution in [2.24, 2.45) is 0 Å². The molecule has 0 saturated heterocycles. The Labute approximate surface area is 112 Å². The molecule has 0 aliphatic heterocycles. The molecule has 1 aromatic heterocycles. The van der Waals surface area contributed by atoms with Gasteiger partial charge in [-0.3, -0.25) is 0 Å². The summed E-state index contributed by atoms with van der Waals surface area (Å²) in [6.45, 7) is 4.45. The smallest absolute Gasteiger partial charge is 0.348 e. The fourth-order valence-electron chi connectivity index (χ4n) is 1.44. The Balaban J connectivity index is 2.59. The molecule has 1 N–H and O–H groups in total. The van der Waals surface area contributed by atoms with Gasteiger partial charge in [0.05, 0.1) is 12.2 Å². The molecule has 0 amide bonds. The van der Waals surface area contributed by atoms with Gasteiger partial charge in [0, 0.05) is 11.4 Å². The van der Waals surface area contributed by atoms with Crippen molar-refractivity contribution >= 4 is 17.3 Å². The Morgan fingerprint density at radius 1 is 1.44 bits per heavy atom. The lowest BCUT2D eigenvalue weighted by Gasteiger charge is -2.12. The quantitative estimate of drug-likeness (QED) is 0.807. The van der Waals surface area contributed by atoms with E-state index in [0.29, 0.717) is 11.3 Å². The number of rotatable bonds is 6. The molecule has 5 heteroatoms. The van der Waals surface area contributed by atoms with E-state index in [1.54, 1.807) is 12.1 Å². The fourth-order valence-corrected chi connectivity index (χ4v) is 2.35. The number of esters is 1. The van der Waals surface area contributed by atoms with Crippen LogP contribution in [0.15, 0.2) is 12.1 Å². The number of thiophene rings is 1. The number of ether oxygens (including phenoxy) is 1. The zero-order valence-electron chi connectivity index (χ0n) is 11.3. The Bertz CT molecular complexity index is 387. The molecule has 102 valence electrons. The molecule has 0 fully saturated rings. The highest BCUT2D eigenvalue weighted by molar-refractivity contribution is 7.14. The highest BCUT2D eigenvalue weighted by Crippen LogP contribution is 2.26. The first-order chi connectivity index (χ1) is 8.40. The van der Waals surface area contributed by atoms with Crippen LogP contribution in [0.25, 0.3) is 0 Å². The van der Waals surface area contributed by atoms with Gasteiger partial charge in [0.15, 0.2) is 0 Å². The second-order valence-corrected chi connectivity index (χ2v) is 5.88. The lowest BCUT2D eigenvalue weighted by molar-refractivity contribution is 0.0384. The molecule has 1 heterocycles. The molecule has 0 bridgehead atoms. The fraction of sp³-hybridized carbons (Fsp3) is 0.615. The molecule has 0 aromatic carbocycles. The number of carbonyl (C=O) groups is 1. The minimum absolute atomic E-state index is 0.123. The first kappa shape index (κ1) is 15.1. The zero-order chi connectivity index (χ0) is 13.7. The van der Waals surface area contributed by atoms with E-state index in [1.165, 1.54) is 11.3 Å². The summed E-state index contributed by atoms with van der Waals surface area (Å²) in [5, 5.41) is 9.98. The first-order valence-electron chi connectivity index (χ1n) is 6.03. The average Bonchev–Trinajstić information content (AvgIpc) is 2.74. The van der Waals surface area contributed by atoms with Gasteiger partial charge < -0.3 is 14.7 Å². The van der Waals surface area contributed by atoms with E-state index < -0.39 is 6.10 Å². The summed E-state index contributed by atoms with van der Waals surface area (Å²) in [6, 6.07) is 3.51. The molecule has 0 aliphatic rings. The number of nitrogens with zero attached hydrogens (tertiary/aromatic N) is 1. The van der Waals surface area contributed by atoms with Crippen molar-refractivity contribution in [2.75, 3.05) is 20.6 Å². The summed E-state index contributed by atoms with van der Waals surface area (Å²) >= 11 is 1.30. The largest absolute Gasteiger partial charge is 0.459 e. The zero-order valence-corrected chi connectivity index (χ0v) is 12.2. The van der Waals surface area contributed by atoms with E-state index in [2.05, 4.69) is 0 Å². The second-order valence-electron chi connectivity index (χ2n) is 4.76. The van der Waals surface area contributed by atoms with Crippen molar-refractivity contribution in [3.05, 3.63) is 21.9 Å². The van der Waals surface area contributed by atoms with Gasteiger partial charge in [0.1, 0.15) is 4.88 Å². The van der Waals surface area contributed by atoms with Gasteiger partial charge in [-0.1, -0.05) is 0 Å². The maximum atomic E-state index is 11.7. The van der Waals surface area contributed by atoms with Crippen LogP contribution in [0.1, 0.15) is 40.9 Å². The summed E-state index contributed by atoms with van der Waals surface area (Å²) in [6.07, 6.45) is 0.0198. The van der Waals surface area contributed by atoms with Crippen LogP contribution >= 0.6 is 11.3 Å². The molecule has 1 rings (SSSR count). The SMILES string of the molecule is CC(C)OC(=O)c1ccc(C(O)CCN(C)C)s1. The lowest BCUT2D eigenvalue weighted by atomic mass is 10.2. The summed E-state index contributed by atoms with van der Waals surface area (Å²) in [5.74, 6) is -0.318. The number of hydrogen-bond acceptors (Lipinski definition) is 5.